The minimum Gasteiger partial charge on any atom is -0.383 e. The van der Waals surface area contributed by atoms with Crippen LogP contribution in [-0.2, 0) is 22.6 Å². The van der Waals surface area contributed by atoms with Crippen molar-refractivity contribution in [2.45, 2.75) is 26.9 Å². The van der Waals surface area contributed by atoms with Gasteiger partial charge in [0.2, 0.25) is 5.91 Å². The van der Waals surface area contributed by atoms with E-state index in [1.165, 1.54) is 0 Å². The number of nitrogens with one attached hydrogen (secondary N) is 1. The number of rotatable bonds is 7. The van der Waals surface area contributed by atoms with Gasteiger partial charge in [0.25, 0.3) is 0 Å². The molecule has 0 aromatic carbocycles. The first-order valence-electron chi connectivity index (χ1n) is 5.57. The molecule has 6 nitrogen and oxygen atoms in total. The molecule has 3 N–H and O–H groups in total. The Morgan fingerprint density at radius 2 is 2.24 bits per heavy atom. The third kappa shape index (κ3) is 3.83. The first kappa shape index (κ1) is 13.7. The maximum atomic E-state index is 10.9. The molecule has 6 heteroatoms. The van der Waals surface area contributed by atoms with Crippen LogP contribution < -0.4 is 11.1 Å². The Morgan fingerprint density at radius 1 is 1.53 bits per heavy atom. The lowest BCUT2D eigenvalue weighted by Crippen LogP contribution is -2.21. The molecule has 17 heavy (non-hydrogen) atoms. The second kappa shape index (κ2) is 6.36. The number of amides is 1. The molecule has 0 unspecified atom stereocenters. The highest BCUT2D eigenvalue weighted by Crippen LogP contribution is 2.12. The molecule has 1 aromatic rings. The number of aryl methyl sites for hydroxylation is 1. The predicted octanol–water partition coefficient (Wildman–Crippen LogP) is -0.279. The molecular formula is C11H20N4O2. The molecule has 0 radical (unpaired) electrons. The van der Waals surface area contributed by atoms with Gasteiger partial charge in [-0.05, 0) is 13.8 Å². The van der Waals surface area contributed by atoms with Gasteiger partial charge < -0.3 is 15.8 Å². The molecule has 1 rings (SSSR count). The number of aromatic nitrogens is 2. The summed E-state index contributed by atoms with van der Waals surface area (Å²) in [4.78, 5) is 10.9. The second-order valence-electron chi connectivity index (χ2n) is 3.94. The highest BCUT2D eigenvalue weighted by molar-refractivity contribution is 5.73. The van der Waals surface area contributed by atoms with Crippen molar-refractivity contribution in [3.05, 3.63) is 17.0 Å². The van der Waals surface area contributed by atoms with Gasteiger partial charge in [0.1, 0.15) is 6.54 Å². The van der Waals surface area contributed by atoms with Crippen LogP contribution in [0.3, 0.4) is 0 Å². The first-order valence-corrected chi connectivity index (χ1v) is 5.57. The maximum absolute atomic E-state index is 10.9. The zero-order chi connectivity index (χ0) is 12.8. The van der Waals surface area contributed by atoms with Crippen LogP contribution in [0.4, 0.5) is 0 Å². The molecular weight excluding hydrogens is 220 g/mol. The number of carbonyl (C=O) groups is 1. The van der Waals surface area contributed by atoms with E-state index in [2.05, 4.69) is 10.4 Å². The number of carbonyl (C=O) groups excluding carboxylic acids is 1. The van der Waals surface area contributed by atoms with Crippen LogP contribution in [0, 0.1) is 13.8 Å². The van der Waals surface area contributed by atoms with Crippen molar-refractivity contribution in [1.29, 1.82) is 0 Å². The number of hydrogen-bond acceptors (Lipinski definition) is 4. The van der Waals surface area contributed by atoms with Crippen LogP contribution in [0.25, 0.3) is 0 Å². The molecule has 1 heterocycles. The van der Waals surface area contributed by atoms with Gasteiger partial charge in [-0.2, -0.15) is 5.10 Å². The minimum absolute atomic E-state index is 0.130. The van der Waals surface area contributed by atoms with Gasteiger partial charge in [0.15, 0.2) is 0 Å². The smallest absolute Gasteiger partial charge is 0.239 e. The number of methoxy groups -OCH3 is 1. The zero-order valence-electron chi connectivity index (χ0n) is 10.6. The summed E-state index contributed by atoms with van der Waals surface area (Å²) in [5, 5.41) is 7.55. The molecule has 0 saturated carbocycles. The quantitative estimate of drug-likeness (QED) is 0.642. The van der Waals surface area contributed by atoms with Crippen molar-refractivity contribution in [1.82, 2.24) is 15.1 Å². The lowest BCUT2D eigenvalue weighted by Gasteiger charge is -2.05. The van der Waals surface area contributed by atoms with E-state index in [0.29, 0.717) is 6.61 Å². The molecule has 0 bridgehead atoms. The van der Waals surface area contributed by atoms with E-state index in [0.717, 1.165) is 30.0 Å². The van der Waals surface area contributed by atoms with E-state index in [1.54, 1.807) is 11.8 Å². The van der Waals surface area contributed by atoms with E-state index >= 15 is 0 Å². The summed E-state index contributed by atoms with van der Waals surface area (Å²) in [7, 11) is 1.67. The van der Waals surface area contributed by atoms with Crippen LogP contribution in [0.2, 0.25) is 0 Å². The standard InChI is InChI=1S/C11H20N4O2/c1-8-10(6-13-4-5-17-3)9(2)15(14-8)7-11(12)16/h13H,4-7H2,1-3H3,(H2,12,16). The Balaban J connectivity index is 2.65. The van der Waals surface area contributed by atoms with Crippen LogP contribution in [-0.4, -0.2) is 35.9 Å². The average molecular weight is 240 g/mol. The summed E-state index contributed by atoms with van der Waals surface area (Å²) in [6.07, 6.45) is 0. The molecule has 0 aliphatic rings. The Bertz CT molecular complexity index is 387. The molecule has 0 saturated heterocycles. The third-order valence-corrected chi connectivity index (χ3v) is 2.62. The summed E-state index contributed by atoms with van der Waals surface area (Å²) in [5.74, 6) is -0.380. The lowest BCUT2D eigenvalue weighted by molar-refractivity contribution is -0.118. The number of nitrogens with zero attached hydrogens (tertiary/aromatic N) is 2. The number of ether oxygens (including phenoxy) is 1. The van der Waals surface area contributed by atoms with E-state index in [1.807, 2.05) is 13.8 Å². The van der Waals surface area contributed by atoms with Gasteiger partial charge in [-0.25, -0.2) is 0 Å². The van der Waals surface area contributed by atoms with E-state index in [4.69, 9.17) is 10.5 Å². The second-order valence-corrected chi connectivity index (χ2v) is 3.94. The fraction of sp³-hybridized carbons (Fsp3) is 0.636. The Morgan fingerprint density at radius 3 is 2.82 bits per heavy atom. The summed E-state index contributed by atoms with van der Waals surface area (Å²) in [6, 6.07) is 0. The average Bonchev–Trinajstić information content (AvgIpc) is 2.50. The molecule has 96 valence electrons. The summed E-state index contributed by atoms with van der Waals surface area (Å²) >= 11 is 0. The Labute approximate surface area is 101 Å². The predicted molar refractivity (Wildman–Crippen MR) is 64.5 cm³/mol. The van der Waals surface area contributed by atoms with Crippen LogP contribution >= 0.6 is 0 Å². The largest absolute Gasteiger partial charge is 0.383 e. The Hall–Kier alpha value is -1.40. The van der Waals surface area contributed by atoms with Crippen LogP contribution in [0.1, 0.15) is 17.0 Å². The zero-order valence-corrected chi connectivity index (χ0v) is 10.6. The minimum atomic E-state index is -0.380. The fourth-order valence-corrected chi connectivity index (χ4v) is 1.68. The number of primary amides is 1. The molecule has 0 spiro atoms. The highest BCUT2D eigenvalue weighted by Gasteiger charge is 2.11. The summed E-state index contributed by atoms with van der Waals surface area (Å²) in [5.41, 5.74) is 8.18. The van der Waals surface area contributed by atoms with E-state index in [9.17, 15) is 4.79 Å². The fourth-order valence-electron chi connectivity index (χ4n) is 1.68. The van der Waals surface area contributed by atoms with Crippen LogP contribution in [0.15, 0.2) is 0 Å². The van der Waals surface area contributed by atoms with E-state index in [-0.39, 0.29) is 12.5 Å². The van der Waals surface area contributed by atoms with Crippen molar-refractivity contribution in [3.63, 3.8) is 0 Å². The van der Waals surface area contributed by atoms with Gasteiger partial charge in [-0.15, -0.1) is 0 Å². The molecule has 0 atom stereocenters. The topological polar surface area (TPSA) is 82.2 Å². The molecule has 1 amide bonds. The van der Waals surface area contributed by atoms with Crippen molar-refractivity contribution in [2.75, 3.05) is 20.3 Å². The van der Waals surface area contributed by atoms with Gasteiger partial charge in [0, 0.05) is 31.5 Å². The number of hydrogen-bond donors (Lipinski definition) is 2. The monoisotopic (exact) mass is 240 g/mol. The van der Waals surface area contributed by atoms with Gasteiger partial charge >= 0.3 is 0 Å². The highest BCUT2D eigenvalue weighted by atomic mass is 16.5. The van der Waals surface area contributed by atoms with Crippen molar-refractivity contribution in [2.24, 2.45) is 5.73 Å². The molecule has 0 aliphatic heterocycles. The van der Waals surface area contributed by atoms with Gasteiger partial charge in [0.05, 0.1) is 12.3 Å². The maximum Gasteiger partial charge on any atom is 0.239 e. The molecule has 0 aliphatic carbocycles. The van der Waals surface area contributed by atoms with Crippen molar-refractivity contribution in [3.8, 4) is 0 Å². The van der Waals surface area contributed by atoms with Gasteiger partial charge in [-0.3, -0.25) is 9.48 Å². The SMILES string of the molecule is COCCNCc1c(C)nn(CC(N)=O)c1C. The van der Waals surface area contributed by atoms with Crippen molar-refractivity contribution < 1.29 is 9.53 Å². The van der Waals surface area contributed by atoms with E-state index < -0.39 is 0 Å². The Kier molecular flexibility index (Phi) is 5.11. The summed E-state index contributed by atoms with van der Waals surface area (Å²) in [6.45, 7) is 6.18. The number of nitrogens with two attached hydrogens (primary N) is 1. The summed E-state index contributed by atoms with van der Waals surface area (Å²) < 4.78 is 6.60. The van der Waals surface area contributed by atoms with Crippen LogP contribution in [0.5, 0.6) is 0 Å². The molecule has 0 fully saturated rings. The van der Waals surface area contributed by atoms with Gasteiger partial charge in [-0.1, -0.05) is 0 Å². The van der Waals surface area contributed by atoms with Crippen molar-refractivity contribution >= 4 is 5.91 Å². The lowest BCUT2D eigenvalue weighted by atomic mass is 10.2. The normalized spacial score (nSPS) is 10.8. The molecule has 1 aromatic heterocycles. The third-order valence-electron chi connectivity index (χ3n) is 2.62. The first-order chi connectivity index (χ1) is 8.06.